The van der Waals surface area contributed by atoms with Crippen LogP contribution in [0.3, 0.4) is 0 Å². The van der Waals surface area contributed by atoms with Crippen molar-refractivity contribution in [1.29, 1.82) is 0 Å². The zero-order valence-electron chi connectivity index (χ0n) is 23.2. The van der Waals surface area contributed by atoms with Crippen LogP contribution >= 0.6 is 0 Å². The highest BCUT2D eigenvalue weighted by atomic mass is 32.2. The molecule has 0 aliphatic heterocycles. The molecular formula is C32H34FNO6S. The van der Waals surface area contributed by atoms with Gasteiger partial charge in [-0.25, -0.2) is 17.8 Å². The number of benzene rings is 2. The Morgan fingerprint density at radius 3 is 2.63 bits per heavy atom. The van der Waals surface area contributed by atoms with E-state index in [1.807, 2.05) is 31.2 Å². The monoisotopic (exact) mass is 579 g/mol. The molecule has 0 saturated heterocycles. The number of ether oxygens (including phenoxy) is 2. The van der Waals surface area contributed by atoms with Gasteiger partial charge in [-0.15, -0.1) is 0 Å². The molecule has 41 heavy (non-hydrogen) atoms. The molecule has 1 aromatic heterocycles. The van der Waals surface area contributed by atoms with Crippen molar-refractivity contribution in [3.8, 4) is 22.8 Å². The number of aromatic nitrogens is 1. The molecular weight excluding hydrogens is 545 g/mol. The molecule has 2 aromatic carbocycles. The third kappa shape index (κ3) is 5.56. The van der Waals surface area contributed by atoms with Gasteiger partial charge in [-0.3, -0.25) is 4.79 Å². The number of pyridine rings is 1. The Morgan fingerprint density at radius 2 is 1.88 bits per heavy atom. The van der Waals surface area contributed by atoms with E-state index in [4.69, 9.17) is 9.47 Å². The van der Waals surface area contributed by atoms with E-state index in [1.165, 1.54) is 12.3 Å². The van der Waals surface area contributed by atoms with Gasteiger partial charge in [0.05, 0.1) is 17.8 Å². The molecule has 7 nitrogen and oxygen atoms in total. The van der Waals surface area contributed by atoms with Gasteiger partial charge < -0.3 is 14.6 Å². The van der Waals surface area contributed by atoms with Gasteiger partial charge in [-0.1, -0.05) is 25.0 Å². The van der Waals surface area contributed by atoms with Crippen molar-refractivity contribution in [3.05, 3.63) is 76.7 Å². The lowest BCUT2D eigenvalue weighted by Gasteiger charge is -2.29. The van der Waals surface area contributed by atoms with Crippen LogP contribution in [0.4, 0.5) is 4.39 Å². The zero-order valence-corrected chi connectivity index (χ0v) is 24.0. The number of carboxylic acids is 1. The van der Waals surface area contributed by atoms with Crippen LogP contribution in [0.2, 0.25) is 0 Å². The Kier molecular flexibility index (Phi) is 7.26. The average molecular weight is 580 g/mol. The molecule has 2 fully saturated rings. The van der Waals surface area contributed by atoms with Crippen molar-refractivity contribution in [2.75, 3.05) is 12.9 Å². The number of halogens is 1. The van der Waals surface area contributed by atoms with Gasteiger partial charge in [0, 0.05) is 41.0 Å². The maximum atomic E-state index is 14.7. The predicted molar refractivity (Wildman–Crippen MR) is 152 cm³/mol. The minimum Gasteiger partial charge on any atom is -0.489 e. The zero-order chi connectivity index (χ0) is 28.9. The van der Waals surface area contributed by atoms with E-state index < -0.39 is 15.8 Å². The summed E-state index contributed by atoms with van der Waals surface area (Å²) in [6, 6.07) is 14.3. The Hall–Kier alpha value is -3.46. The van der Waals surface area contributed by atoms with Gasteiger partial charge in [0.15, 0.2) is 9.84 Å². The second-order valence-corrected chi connectivity index (χ2v) is 14.0. The van der Waals surface area contributed by atoms with E-state index >= 15 is 0 Å². The molecule has 0 radical (unpaired) electrons. The van der Waals surface area contributed by atoms with Crippen LogP contribution in [-0.4, -0.2) is 42.6 Å². The summed E-state index contributed by atoms with van der Waals surface area (Å²) in [7, 11) is -3.13. The first-order valence-electron chi connectivity index (χ1n) is 14.2. The molecule has 3 aliphatic carbocycles. The Labute approximate surface area is 239 Å². The van der Waals surface area contributed by atoms with Gasteiger partial charge in [-0.05, 0) is 79.1 Å². The highest BCUT2D eigenvalue weighted by molar-refractivity contribution is 7.91. The van der Waals surface area contributed by atoms with Crippen LogP contribution in [-0.2, 0) is 27.7 Å². The van der Waals surface area contributed by atoms with E-state index in [9.17, 15) is 22.7 Å². The predicted octanol–water partition coefficient (Wildman–Crippen LogP) is 5.73. The molecule has 1 unspecified atom stereocenters. The summed E-state index contributed by atoms with van der Waals surface area (Å²) in [5.74, 6) is -0.0361. The Balaban J connectivity index is 1.11. The number of hydrogen-bond acceptors (Lipinski definition) is 6. The van der Waals surface area contributed by atoms with E-state index in [0.717, 1.165) is 53.6 Å². The highest BCUT2D eigenvalue weighted by Gasteiger charge is 2.59. The summed E-state index contributed by atoms with van der Waals surface area (Å²) in [6.45, 7) is 2.23. The molecule has 3 aliphatic rings. The fraction of sp³-hybridized carbons (Fsp3) is 0.438. The first-order chi connectivity index (χ1) is 19.6. The minimum atomic E-state index is -3.13. The molecule has 0 spiro atoms. The van der Waals surface area contributed by atoms with Gasteiger partial charge in [-0.2, -0.15) is 0 Å². The Bertz CT molecular complexity index is 1610. The second-order valence-electron chi connectivity index (χ2n) is 11.7. The summed E-state index contributed by atoms with van der Waals surface area (Å²) in [4.78, 5) is 15.9. The average Bonchev–Trinajstić information content (AvgIpc) is 3.53. The van der Waals surface area contributed by atoms with E-state index in [-0.39, 0.29) is 41.3 Å². The molecule has 5 atom stereocenters. The van der Waals surface area contributed by atoms with Gasteiger partial charge in [0.25, 0.3) is 0 Å². The standard InChI is InChI=1S/C32H34FNO6S/c1-18-24(10-12-29(34-18)40-16-20-5-3-4-6-28(20)41(2,37)38)19-7-11-27(33)22(13-19)17-39-23-8-9-25-21(14-23)15-26-30(25)31(26)32(35)36/h7-14,20,26,28,30-31H,3-6,15-17H2,1-2H3,(H,35,36)/t20-,26+,28+,30-,31?/m0/s1. The van der Waals surface area contributed by atoms with Crippen LogP contribution in [0.5, 0.6) is 11.6 Å². The van der Waals surface area contributed by atoms with Crippen LogP contribution < -0.4 is 9.47 Å². The van der Waals surface area contributed by atoms with Crippen molar-refractivity contribution < 1.29 is 32.2 Å². The summed E-state index contributed by atoms with van der Waals surface area (Å²) >= 11 is 0. The summed E-state index contributed by atoms with van der Waals surface area (Å²) in [5, 5.41) is 8.96. The number of fused-ring (bicyclic) bond motifs is 3. The fourth-order valence-corrected chi connectivity index (χ4v) is 8.38. The fourth-order valence-electron chi connectivity index (χ4n) is 6.87. The molecule has 0 bridgehead atoms. The lowest BCUT2D eigenvalue weighted by molar-refractivity contribution is -0.139. The number of hydrogen-bond donors (Lipinski definition) is 1. The number of carbonyl (C=O) groups is 1. The molecule has 9 heteroatoms. The molecule has 2 saturated carbocycles. The van der Waals surface area contributed by atoms with Gasteiger partial charge in [0.1, 0.15) is 18.2 Å². The smallest absolute Gasteiger partial charge is 0.307 e. The number of carboxylic acid groups (broad SMARTS) is 1. The summed E-state index contributed by atoms with van der Waals surface area (Å²) in [6.07, 6.45) is 5.48. The second kappa shape index (κ2) is 10.7. The lowest BCUT2D eigenvalue weighted by atomic mass is 9.89. The first-order valence-corrected chi connectivity index (χ1v) is 16.1. The quantitative estimate of drug-likeness (QED) is 0.346. The molecule has 0 amide bonds. The highest BCUT2D eigenvalue weighted by Crippen LogP contribution is 2.61. The number of aliphatic carboxylic acids is 1. The molecule has 6 rings (SSSR count). The van der Waals surface area contributed by atoms with Crippen molar-refractivity contribution in [2.45, 2.75) is 56.8 Å². The topological polar surface area (TPSA) is 103 Å². The van der Waals surface area contributed by atoms with Gasteiger partial charge >= 0.3 is 5.97 Å². The van der Waals surface area contributed by atoms with E-state index in [1.54, 1.807) is 18.2 Å². The van der Waals surface area contributed by atoms with Crippen LogP contribution in [0, 0.1) is 30.5 Å². The van der Waals surface area contributed by atoms with Crippen molar-refractivity contribution in [2.24, 2.45) is 17.8 Å². The summed E-state index contributed by atoms with van der Waals surface area (Å²) < 4.78 is 51.0. The lowest BCUT2D eigenvalue weighted by Crippen LogP contribution is -2.35. The summed E-state index contributed by atoms with van der Waals surface area (Å²) in [5.41, 5.74) is 4.99. The minimum absolute atomic E-state index is 0.0433. The van der Waals surface area contributed by atoms with Crippen molar-refractivity contribution in [3.63, 3.8) is 0 Å². The van der Waals surface area contributed by atoms with Crippen molar-refractivity contribution in [1.82, 2.24) is 4.98 Å². The molecule has 3 aromatic rings. The Morgan fingerprint density at radius 1 is 1.07 bits per heavy atom. The first kappa shape index (κ1) is 27.7. The van der Waals surface area contributed by atoms with Crippen LogP contribution in [0.1, 0.15) is 54.0 Å². The normalized spacial score (nSPS) is 24.8. The number of sulfone groups is 1. The molecule has 1 heterocycles. The van der Waals surface area contributed by atoms with Crippen LogP contribution in [0.15, 0.2) is 48.5 Å². The molecule has 1 N–H and O–H groups in total. The maximum absolute atomic E-state index is 14.7. The van der Waals surface area contributed by atoms with Crippen LogP contribution in [0.25, 0.3) is 11.1 Å². The largest absolute Gasteiger partial charge is 0.489 e. The third-order valence-electron chi connectivity index (χ3n) is 9.03. The number of nitrogens with zero attached hydrogens (tertiary/aromatic N) is 1. The van der Waals surface area contributed by atoms with E-state index in [0.29, 0.717) is 30.2 Å². The van der Waals surface area contributed by atoms with Crippen molar-refractivity contribution >= 4 is 15.8 Å². The van der Waals surface area contributed by atoms with E-state index in [2.05, 4.69) is 4.98 Å². The number of rotatable bonds is 9. The SMILES string of the molecule is Cc1nc(OC[C@@H]2CCCC[C@H]2S(C)(=O)=O)ccc1-c1ccc(F)c(COc2ccc3c(c2)C[C@H]2C(C(=O)O)[C@@H]32)c1. The van der Waals surface area contributed by atoms with Gasteiger partial charge in [0.2, 0.25) is 5.88 Å². The maximum Gasteiger partial charge on any atom is 0.307 e. The number of aryl methyl sites for hydroxylation is 1. The third-order valence-corrected chi connectivity index (χ3v) is 10.7. The molecule has 216 valence electrons.